The molecule has 6 nitrogen and oxygen atoms in total. The fourth-order valence-electron chi connectivity index (χ4n) is 1.01. The van der Waals surface area contributed by atoms with Gasteiger partial charge in [-0.15, -0.1) is 0 Å². The number of carboxylic acid groups (broad SMARTS) is 1. The van der Waals surface area contributed by atoms with Gasteiger partial charge < -0.3 is 14.4 Å². The number of rotatable bonds is 6. The maximum absolute atomic E-state index is 11.0. The maximum Gasteiger partial charge on any atom is 0.313 e. The van der Waals surface area contributed by atoms with E-state index in [0.29, 0.717) is 18.3 Å². The van der Waals surface area contributed by atoms with Crippen molar-refractivity contribution in [2.24, 2.45) is 0 Å². The summed E-state index contributed by atoms with van der Waals surface area (Å²) in [5.74, 6) is -1.06. The van der Waals surface area contributed by atoms with Crippen molar-refractivity contribution in [2.45, 2.75) is 11.7 Å². The maximum atomic E-state index is 11.0. The van der Waals surface area contributed by atoms with E-state index < -0.39 is 5.97 Å². The van der Waals surface area contributed by atoms with Gasteiger partial charge in [-0.05, 0) is 0 Å². The molecule has 88 valence electrons. The van der Waals surface area contributed by atoms with Crippen molar-refractivity contribution in [3.63, 3.8) is 0 Å². The van der Waals surface area contributed by atoms with Gasteiger partial charge in [-0.25, -0.2) is 0 Å². The average molecular weight is 244 g/mol. The molecular formula is C9H12N2O4S. The Hall–Kier alpha value is -1.34. The number of carbonyl (C=O) groups is 1. The second-order valence-corrected chi connectivity index (χ2v) is 3.86. The molecule has 1 rings (SSSR count). The van der Waals surface area contributed by atoms with Crippen molar-refractivity contribution in [1.29, 1.82) is 0 Å². The fraction of sp³-hybridized carbons (Fsp3) is 0.444. The Kier molecular flexibility index (Phi) is 5.00. The molecule has 1 heterocycles. The second-order valence-electron chi connectivity index (χ2n) is 2.92. The first-order chi connectivity index (χ1) is 7.63. The van der Waals surface area contributed by atoms with E-state index in [0.717, 1.165) is 11.8 Å². The summed E-state index contributed by atoms with van der Waals surface area (Å²) in [6.45, 7) is 1.01. The van der Waals surface area contributed by atoms with Gasteiger partial charge >= 0.3 is 5.97 Å². The van der Waals surface area contributed by atoms with E-state index in [4.69, 9.17) is 9.84 Å². The van der Waals surface area contributed by atoms with E-state index in [-0.39, 0.29) is 11.3 Å². The number of aromatic nitrogens is 2. The van der Waals surface area contributed by atoms with Crippen molar-refractivity contribution in [2.75, 3.05) is 19.5 Å². The number of thioether (sulfide) groups is 1. The molecule has 0 amide bonds. The van der Waals surface area contributed by atoms with Crippen LogP contribution in [-0.4, -0.2) is 40.1 Å². The molecule has 0 aliphatic heterocycles. The lowest BCUT2D eigenvalue weighted by Crippen LogP contribution is -2.16. The Bertz CT molecular complexity index is 418. The number of hydrogen-bond acceptors (Lipinski definition) is 5. The number of carboxylic acids is 1. The zero-order valence-electron chi connectivity index (χ0n) is 8.75. The van der Waals surface area contributed by atoms with Crippen LogP contribution in [0, 0.1) is 0 Å². The number of nitrogens with zero attached hydrogens (tertiary/aromatic N) is 2. The summed E-state index contributed by atoms with van der Waals surface area (Å²) < 4.78 is 6.60. The monoisotopic (exact) mass is 244 g/mol. The standard InChI is InChI=1S/C9H12N2O4S/c1-15-5-4-11-3-2-7(12)10-9(11)16-6-8(13)14/h2-3H,4-6H2,1H3,(H,13,14). The van der Waals surface area contributed by atoms with Gasteiger partial charge in [0.15, 0.2) is 5.16 Å². The molecule has 0 saturated carbocycles. The minimum absolute atomic E-state index is 0.122. The second kappa shape index (κ2) is 6.29. The highest BCUT2D eigenvalue weighted by Gasteiger charge is 2.06. The topological polar surface area (TPSA) is 81.4 Å². The molecule has 0 aliphatic rings. The van der Waals surface area contributed by atoms with Crippen LogP contribution in [0.2, 0.25) is 0 Å². The molecule has 1 aromatic rings. The van der Waals surface area contributed by atoms with Crippen molar-refractivity contribution in [3.05, 3.63) is 22.6 Å². The zero-order valence-corrected chi connectivity index (χ0v) is 9.57. The van der Waals surface area contributed by atoms with E-state index >= 15 is 0 Å². The Labute approximate surface area is 96.3 Å². The summed E-state index contributed by atoms with van der Waals surface area (Å²) >= 11 is 1.02. The summed E-state index contributed by atoms with van der Waals surface area (Å²) in [7, 11) is 1.57. The largest absolute Gasteiger partial charge is 0.481 e. The lowest BCUT2D eigenvalue weighted by atomic mass is 10.6. The molecule has 0 bridgehead atoms. The van der Waals surface area contributed by atoms with Crippen LogP contribution in [0.3, 0.4) is 0 Å². The number of methoxy groups -OCH3 is 1. The summed E-state index contributed by atoms with van der Waals surface area (Å²) in [6, 6.07) is 1.33. The minimum atomic E-state index is -0.943. The van der Waals surface area contributed by atoms with Crippen LogP contribution < -0.4 is 5.56 Å². The third-order valence-corrected chi connectivity index (χ3v) is 2.68. The molecule has 0 unspecified atom stereocenters. The van der Waals surface area contributed by atoms with Crippen molar-refractivity contribution >= 4 is 17.7 Å². The number of hydrogen-bond donors (Lipinski definition) is 1. The van der Waals surface area contributed by atoms with Gasteiger partial charge in [-0.2, -0.15) is 4.98 Å². The van der Waals surface area contributed by atoms with Crippen LogP contribution in [0.15, 0.2) is 22.2 Å². The van der Waals surface area contributed by atoms with Crippen molar-refractivity contribution in [3.8, 4) is 0 Å². The Morgan fingerprint density at radius 2 is 2.44 bits per heavy atom. The number of aliphatic carboxylic acids is 1. The molecule has 1 N–H and O–H groups in total. The van der Waals surface area contributed by atoms with Gasteiger partial charge in [-0.1, -0.05) is 11.8 Å². The zero-order chi connectivity index (χ0) is 12.0. The predicted octanol–water partition coefficient (Wildman–Crippen LogP) is 0.0664. The van der Waals surface area contributed by atoms with Crippen LogP contribution in [0.4, 0.5) is 0 Å². The SMILES string of the molecule is COCCn1ccc(=O)nc1SCC(=O)O. The molecule has 1 aromatic heterocycles. The van der Waals surface area contributed by atoms with Crippen LogP contribution in [0.25, 0.3) is 0 Å². The molecular weight excluding hydrogens is 232 g/mol. The lowest BCUT2D eigenvalue weighted by molar-refractivity contribution is -0.133. The molecule has 16 heavy (non-hydrogen) atoms. The van der Waals surface area contributed by atoms with E-state index in [1.165, 1.54) is 6.07 Å². The smallest absolute Gasteiger partial charge is 0.313 e. The van der Waals surface area contributed by atoms with Crippen LogP contribution in [0.5, 0.6) is 0 Å². The normalized spacial score (nSPS) is 10.3. The number of ether oxygens (including phenoxy) is 1. The Morgan fingerprint density at radius 3 is 3.06 bits per heavy atom. The van der Waals surface area contributed by atoms with Gasteiger partial charge in [0.2, 0.25) is 0 Å². The summed E-state index contributed by atoms with van der Waals surface area (Å²) in [6.07, 6.45) is 1.58. The Morgan fingerprint density at radius 1 is 1.69 bits per heavy atom. The first kappa shape index (κ1) is 12.7. The molecule has 0 radical (unpaired) electrons. The van der Waals surface area contributed by atoms with Gasteiger partial charge in [0.05, 0.1) is 12.4 Å². The van der Waals surface area contributed by atoms with E-state index in [1.807, 2.05) is 0 Å². The van der Waals surface area contributed by atoms with E-state index in [2.05, 4.69) is 4.98 Å². The molecule has 0 atom stereocenters. The molecule has 0 spiro atoms. The fourth-order valence-corrected chi connectivity index (χ4v) is 1.74. The highest BCUT2D eigenvalue weighted by molar-refractivity contribution is 7.99. The third-order valence-electron chi connectivity index (χ3n) is 1.71. The van der Waals surface area contributed by atoms with E-state index in [9.17, 15) is 9.59 Å². The molecule has 7 heteroatoms. The van der Waals surface area contributed by atoms with Gasteiger partial charge in [0.1, 0.15) is 0 Å². The van der Waals surface area contributed by atoms with E-state index in [1.54, 1.807) is 17.9 Å². The van der Waals surface area contributed by atoms with Crippen LogP contribution >= 0.6 is 11.8 Å². The first-order valence-electron chi connectivity index (χ1n) is 4.54. The van der Waals surface area contributed by atoms with Gasteiger partial charge in [0, 0.05) is 25.9 Å². The first-order valence-corrected chi connectivity index (χ1v) is 5.53. The quantitative estimate of drug-likeness (QED) is 0.563. The van der Waals surface area contributed by atoms with Gasteiger partial charge in [-0.3, -0.25) is 9.59 Å². The van der Waals surface area contributed by atoms with Crippen molar-refractivity contribution in [1.82, 2.24) is 9.55 Å². The van der Waals surface area contributed by atoms with Gasteiger partial charge in [0.25, 0.3) is 5.56 Å². The summed E-state index contributed by atoms with van der Waals surface area (Å²) in [5, 5.41) is 8.95. The highest BCUT2D eigenvalue weighted by Crippen LogP contribution is 2.12. The molecule has 0 aliphatic carbocycles. The average Bonchev–Trinajstić information content (AvgIpc) is 2.25. The highest BCUT2D eigenvalue weighted by atomic mass is 32.2. The summed E-state index contributed by atoms with van der Waals surface area (Å²) in [4.78, 5) is 25.2. The molecule has 0 aromatic carbocycles. The van der Waals surface area contributed by atoms with Crippen LogP contribution in [0.1, 0.15) is 0 Å². The summed E-state index contributed by atoms with van der Waals surface area (Å²) in [5.41, 5.74) is -0.374. The molecule has 0 fully saturated rings. The van der Waals surface area contributed by atoms with Crippen molar-refractivity contribution < 1.29 is 14.6 Å². The third kappa shape index (κ3) is 4.03. The lowest BCUT2D eigenvalue weighted by Gasteiger charge is -2.09. The molecule has 0 saturated heterocycles. The Balaban J connectivity index is 2.80. The minimum Gasteiger partial charge on any atom is -0.481 e. The predicted molar refractivity (Wildman–Crippen MR) is 58.7 cm³/mol. The van der Waals surface area contributed by atoms with Crippen LogP contribution in [-0.2, 0) is 16.1 Å².